The molecule has 9 heteroatoms. The number of benzene rings is 4. The monoisotopic (exact) mass is 588 g/mol. The van der Waals surface area contributed by atoms with Crippen LogP contribution >= 0.6 is 0 Å². The third-order valence-electron chi connectivity index (χ3n) is 8.19. The van der Waals surface area contributed by atoms with E-state index in [1.165, 1.54) is 13.2 Å². The van der Waals surface area contributed by atoms with Crippen LogP contribution in [0.15, 0.2) is 66.7 Å². The summed E-state index contributed by atoms with van der Waals surface area (Å²) in [6.45, 7) is 0. The fourth-order valence-electron chi connectivity index (χ4n) is 6.37. The zero-order valence-corrected chi connectivity index (χ0v) is 23.1. The van der Waals surface area contributed by atoms with Gasteiger partial charge in [0.2, 0.25) is 0 Å². The number of phenols is 1. The molecule has 0 unspecified atom stereocenters. The summed E-state index contributed by atoms with van der Waals surface area (Å²) >= 11 is 0. The van der Waals surface area contributed by atoms with E-state index in [0.29, 0.717) is 44.5 Å². The summed E-state index contributed by atoms with van der Waals surface area (Å²) in [5.41, 5.74) is 3.05. The summed E-state index contributed by atoms with van der Waals surface area (Å²) in [6, 6.07) is 19.6. The van der Waals surface area contributed by atoms with Gasteiger partial charge in [0.15, 0.2) is 0 Å². The van der Waals surface area contributed by atoms with Crippen LogP contribution in [-0.4, -0.2) is 31.7 Å². The molecule has 42 heavy (non-hydrogen) atoms. The Hall–Kier alpha value is -3.88. The molecule has 1 aliphatic carbocycles. The van der Waals surface area contributed by atoms with E-state index in [4.69, 9.17) is 9.47 Å². The number of rotatable bonds is 9. The highest BCUT2D eigenvalue weighted by Gasteiger charge is 2.45. The largest absolute Gasteiger partial charge is 0.507 e. The number of alkyl halides is 6. The smallest absolute Gasteiger partial charge is 0.389 e. The summed E-state index contributed by atoms with van der Waals surface area (Å²) in [5, 5.41) is 12.4. The third kappa shape index (κ3) is 5.61. The summed E-state index contributed by atoms with van der Waals surface area (Å²) in [4.78, 5) is 0. The molecule has 4 aromatic rings. The summed E-state index contributed by atoms with van der Waals surface area (Å²) < 4.78 is 90.4. The predicted molar refractivity (Wildman–Crippen MR) is 150 cm³/mol. The van der Waals surface area contributed by atoms with E-state index >= 15 is 0 Å². The van der Waals surface area contributed by atoms with Gasteiger partial charge in [-0.2, -0.15) is 26.3 Å². The Balaban J connectivity index is 1.75. The maximum Gasteiger partial charge on any atom is 0.389 e. The lowest BCUT2D eigenvalue weighted by Crippen LogP contribution is -2.27. The standard InChI is InChI=1S/C33H30F6O3/c1-41-21-11-9-20(10-12-21)23-17-25-24(18-29(23)42-2)28(40)19-27-30(25)22-7-3-4-8-26(22)31(27,13-5-15-32(34,35)36)14-6-16-33(37,38)39/h3-4,7-12,17-19,40H,5-6,13-16H2,1-2H3. The van der Waals surface area contributed by atoms with Crippen LogP contribution < -0.4 is 9.47 Å². The number of hydrogen-bond donors (Lipinski definition) is 1. The molecular formula is C33H30F6O3. The van der Waals surface area contributed by atoms with E-state index in [-0.39, 0.29) is 31.4 Å². The van der Waals surface area contributed by atoms with Gasteiger partial charge in [0.25, 0.3) is 0 Å². The van der Waals surface area contributed by atoms with Gasteiger partial charge in [-0.3, -0.25) is 0 Å². The molecule has 0 atom stereocenters. The second-order valence-electron chi connectivity index (χ2n) is 10.7. The molecule has 0 fully saturated rings. The van der Waals surface area contributed by atoms with E-state index in [9.17, 15) is 31.4 Å². The maximum absolute atomic E-state index is 13.2. The second-order valence-corrected chi connectivity index (χ2v) is 10.7. The van der Waals surface area contributed by atoms with Crippen LogP contribution in [-0.2, 0) is 5.41 Å². The SMILES string of the molecule is COc1ccc(-c2cc3c4c(cc(O)c3cc2OC)C(CCCC(F)(F)F)(CCCC(F)(F)F)c2ccccc2-4)cc1. The number of ether oxygens (including phenoxy) is 2. The fourth-order valence-corrected chi connectivity index (χ4v) is 6.37. The lowest BCUT2D eigenvalue weighted by molar-refractivity contribution is -0.136. The normalized spacial score (nSPS) is 14.1. The highest BCUT2D eigenvalue weighted by atomic mass is 19.4. The molecule has 0 aliphatic heterocycles. The molecule has 1 N–H and O–H groups in total. The summed E-state index contributed by atoms with van der Waals surface area (Å²) in [5.74, 6) is 1.04. The molecule has 4 aromatic carbocycles. The minimum atomic E-state index is -4.40. The quantitative estimate of drug-likeness (QED) is 0.198. The molecule has 0 amide bonds. The van der Waals surface area contributed by atoms with Crippen molar-refractivity contribution in [2.75, 3.05) is 14.2 Å². The van der Waals surface area contributed by atoms with Crippen molar-refractivity contribution in [1.29, 1.82) is 0 Å². The molecule has 3 nitrogen and oxygen atoms in total. The van der Waals surface area contributed by atoms with Crippen LogP contribution in [0.3, 0.4) is 0 Å². The van der Waals surface area contributed by atoms with Gasteiger partial charge in [-0.1, -0.05) is 36.4 Å². The molecule has 222 valence electrons. The third-order valence-corrected chi connectivity index (χ3v) is 8.19. The van der Waals surface area contributed by atoms with Crippen molar-refractivity contribution in [2.24, 2.45) is 0 Å². The first-order valence-corrected chi connectivity index (χ1v) is 13.6. The fraction of sp³-hybridized carbons (Fsp3) is 0.333. The molecule has 0 radical (unpaired) electrons. The van der Waals surface area contributed by atoms with Crippen LogP contribution in [0.4, 0.5) is 26.3 Å². The van der Waals surface area contributed by atoms with Gasteiger partial charge in [-0.15, -0.1) is 0 Å². The second kappa shape index (κ2) is 11.1. The molecule has 0 bridgehead atoms. The van der Waals surface area contributed by atoms with Gasteiger partial charge in [-0.25, -0.2) is 0 Å². The van der Waals surface area contributed by atoms with Crippen molar-refractivity contribution in [1.82, 2.24) is 0 Å². The van der Waals surface area contributed by atoms with Crippen molar-refractivity contribution in [3.05, 3.63) is 77.9 Å². The molecule has 0 spiro atoms. The molecule has 0 saturated heterocycles. The highest BCUT2D eigenvalue weighted by molar-refractivity contribution is 6.07. The van der Waals surface area contributed by atoms with Crippen molar-refractivity contribution in [3.8, 4) is 39.5 Å². The minimum absolute atomic E-state index is 0.0131. The Morgan fingerprint density at radius 3 is 1.88 bits per heavy atom. The van der Waals surface area contributed by atoms with E-state index in [0.717, 1.165) is 11.1 Å². The number of phenolic OH excluding ortho intramolecular Hbond substituents is 1. The highest BCUT2D eigenvalue weighted by Crippen LogP contribution is 2.58. The van der Waals surface area contributed by atoms with Crippen LogP contribution in [0.5, 0.6) is 17.2 Å². The number of hydrogen-bond acceptors (Lipinski definition) is 3. The first kappa shape index (κ1) is 29.6. The van der Waals surface area contributed by atoms with Crippen LogP contribution in [0.2, 0.25) is 0 Å². The van der Waals surface area contributed by atoms with Gasteiger partial charge in [0, 0.05) is 29.2 Å². The van der Waals surface area contributed by atoms with Crippen LogP contribution in [0.1, 0.15) is 49.7 Å². The van der Waals surface area contributed by atoms with Crippen LogP contribution in [0, 0.1) is 0 Å². The Kier molecular flexibility index (Phi) is 7.81. The predicted octanol–water partition coefficient (Wildman–Crippen LogP) is 9.96. The van der Waals surface area contributed by atoms with Crippen molar-refractivity contribution >= 4 is 10.8 Å². The lowest BCUT2D eigenvalue weighted by atomic mass is 9.70. The Bertz CT molecular complexity index is 1570. The molecular weight excluding hydrogens is 558 g/mol. The average Bonchev–Trinajstić information content (AvgIpc) is 3.20. The minimum Gasteiger partial charge on any atom is -0.507 e. The Morgan fingerprint density at radius 2 is 1.31 bits per heavy atom. The van der Waals surface area contributed by atoms with Crippen LogP contribution in [0.25, 0.3) is 33.0 Å². The Morgan fingerprint density at radius 1 is 0.690 bits per heavy atom. The maximum atomic E-state index is 13.2. The van der Waals surface area contributed by atoms with Gasteiger partial charge < -0.3 is 14.6 Å². The zero-order chi connectivity index (χ0) is 30.3. The van der Waals surface area contributed by atoms with Crippen molar-refractivity contribution in [2.45, 2.75) is 56.3 Å². The molecule has 0 heterocycles. The van der Waals surface area contributed by atoms with Gasteiger partial charge in [0.05, 0.1) is 14.2 Å². The van der Waals surface area contributed by atoms with Gasteiger partial charge in [0.1, 0.15) is 17.2 Å². The molecule has 0 aromatic heterocycles. The first-order valence-electron chi connectivity index (χ1n) is 13.6. The summed E-state index contributed by atoms with van der Waals surface area (Å²) in [7, 11) is 3.07. The van der Waals surface area contributed by atoms with E-state index in [1.54, 1.807) is 43.5 Å². The Labute approximate surface area is 239 Å². The molecule has 1 aliphatic rings. The molecule has 5 rings (SSSR count). The number of methoxy groups -OCH3 is 2. The van der Waals surface area contributed by atoms with E-state index in [2.05, 4.69) is 0 Å². The van der Waals surface area contributed by atoms with Gasteiger partial charge in [-0.05, 0) is 89.2 Å². The van der Waals surface area contributed by atoms with Crippen molar-refractivity contribution < 1.29 is 40.9 Å². The number of halogens is 6. The zero-order valence-electron chi connectivity index (χ0n) is 23.1. The average molecular weight is 589 g/mol. The van der Waals surface area contributed by atoms with Crippen molar-refractivity contribution in [3.63, 3.8) is 0 Å². The van der Waals surface area contributed by atoms with E-state index in [1.807, 2.05) is 24.3 Å². The lowest BCUT2D eigenvalue weighted by Gasteiger charge is -2.33. The molecule has 0 saturated carbocycles. The number of aromatic hydroxyl groups is 1. The van der Waals surface area contributed by atoms with Gasteiger partial charge >= 0.3 is 12.4 Å². The first-order chi connectivity index (χ1) is 19.9. The summed E-state index contributed by atoms with van der Waals surface area (Å²) in [6.07, 6.45) is -11.5. The van der Waals surface area contributed by atoms with E-state index < -0.39 is 30.6 Å². The topological polar surface area (TPSA) is 38.7 Å². The number of fused-ring (bicyclic) bond motifs is 5.